The van der Waals surface area contributed by atoms with E-state index in [1.54, 1.807) is 24.1 Å². The van der Waals surface area contributed by atoms with Crippen molar-refractivity contribution < 1.29 is 32.3 Å². The molecule has 2 aromatic heterocycles. The fraction of sp³-hybridized carbons (Fsp3) is 0.474. The molecule has 0 saturated heterocycles. The number of carboxylic acid groups (broad SMARTS) is 1. The van der Waals surface area contributed by atoms with Crippen LogP contribution in [0.2, 0.25) is 0 Å². The highest BCUT2D eigenvalue weighted by atomic mass is 19.4. The molecule has 1 saturated carbocycles. The molecule has 0 unspecified atom stereocenters. The fourth-order valence-electron chi connectivity index (χ4n) is 3.64. The molecule has 2 atom stereocenters. The Balaban J connectivity index is 0.000000360. The van der Waals surface area contributed by atoms with Crippen LogP contribution in [-0.2, 0) is 18.4 Å². The number of hydrogen-bond acceptors (Lipinski definition) is 6. The number of nitrogens with zero attached hydrogens (tertiary/aromatic N) is 3. The third-order valence-electron chi connectivity index (χ3n) is 5.25. The van der Waals surface area contributed by atoms with Gasteiger partial charge in [-0.3, -0.25) is 9.48 Å². The van der Waals surface area contributed by atoms with E-state index in [1.807, 2.05) is 0 Å². The number of carbonyl (C=O) groups is 2. The SMILES string of the molecule is Cn1cc(-c2nc(N[C@@H]3CCCC[C@@H]3N)c(F)c3c2C(=O)NC3)cn1.O=C(O)C(F)(F)F. The Labute approximate surface area is 180 Å². The molecular weight excluding hydrogens is 436 g/mol. The molecule has 13 heteroatoms. The maximum atomic E-state index is 15.0. The molecule has 0 bridgehead atoms. The van der Waals surface area contributed by atoms with Gasteiger partial charge in [-0.15, -0.1) is 0 Å². The largest absolute Gasteiger partial charge is 0.490 e. The number of halogens is 4. The van der Waals surface area contributed by atoms with Crippen LogP contribution in [0.4, 0.5) is 23.4 Å². The molecule has 9 nitrogen and oxygen atoms in total. The summed E-state index contributed by atoms with van der Waals surface area (Å²) in [7, 11) is 1.79. The minimum Gasteiger partial charge on any atom is -0.475 e. The fourth-order valence-corrected chi connectivity index (χ4v) is 3.64. The molecule has 174 valence electrons. The van der Waals surface area contributed by atoms with E-state index in [-0.39, 0.29) is 30.4 Å². The average molecular weight is 458 g/mol. The molecule has 0 aromatic carbocycles. The first-order chi connectivity index (χ1) is 15.0. The minimum atomic E-state index is -5.08. The van der Waals surface area contributed by atoms with E-state index in [1.165, 1.54) is 0 Å². The van der Waals surface area contributed by atoms with Crippen molar-refractivity contribution in [2.75, 3.05) is 5.32 Å². The van der Waals surface area contributed by atoms with E-state index in [4.69, 9.17) is 15.6 Å². The topological polar surface area (TPSA) is 135 Å². The lowest BCUT2D eigenvalue weighted by atomic mass is 9.91. The Bertz CT molecular complexity index is 1020. The van der Waals surface area contributed by atoms with Crippen LogP contribution in [0.3, 0.4) is 0 Å². The molecule has 1 fully saturated rings. The highest BCUT2D eigenvalue weighted by molar-refractivity contribution is 6.04. The Morgan fingerprint density at radius 3 is 2.56 bits per heavy atom. The van der Waals surface area contributed by atoms with Gasteiger partial charge in [-0.25, -0.2) is 14.2 Å². The molecule has 1 aliphatic carbocycles. The predicted octanol–water partition coefficient (Wildman–Crippen LogP) is 2.18. The number of alkyl halides is 3. The molecule has 0 spiro atoms. The van der Waals surface area contributed by atoms with Gasteiger partial charge in [0.2, 0.25) is 0 Å². The molecule has 3 heterocycles. The molecule has 0 radical (unpaired) electrons. The normalized spacial score (nSPS) is 20.1. The molecule has 2 aromatic rings. The zero-order valence-electron chi connectivity index (χ0n) is 17.0. The number of anilines is 1. The van der Waals surface area contributed by atoms with Gasteiger partial charge in [0.15, 0.2) is 11.6 Å². The minimum absolute atomic E-state index is 0.0133. The van der Waals surface area contributed by atoms with E-state index in [2.05, 4.69) is 20.7 Å². The van der Waals surface area contributed by atoms with Crippen molar-refractivity contribution in [3.8, 4) is 11.3 Å². The average Bonchev–Trinajstić information content (AvgIpc) is 3.32. The van der Waals surface area contributed by atoms with E-state index in [9.17, 15) is 22.4 Å². The van der Waals surface area contributed by atoms with Crippen LogP contribution in [-0.4, -0.2) is 50.0 Å². The number of aryl methyl sites for hydroxylation is 1. The van der Waals surface area contributed by atoms with Crippen molar-refractivity contribution in [3.63, 3.8) is 0 Å². The van der Waals surface area contributed by atoms with E-state index < -0.39 is 18.0 Å². The second-order valence-corrected chi connectivity index (χ2v) is 7.56. The summed E-state index contributed by atoms with van der Waals surface area (Å²) in [5.41, 5.74) is 7.96. The van der Waals surface area contributed by atoms with Gasteiger partial charge in [-0.2, -0.15) is 18.3 Å². The third kappa shape index (κ3) is 4.98. The Morgan fingerprint density at radius 1 is 1.34 bits per heavy atom. The first kappa shape index (κ1) is 23.4. The molecule has 2 aliphatic rings. The van der Waals surface area contributed by atoms with Crippen LogP contribution in [0, 0.1) is 5.82 Å². The summed E-state index contributed by atoms with van der Waals surface area (Å²) >= 11 is 0. The summed E-state index contributed by atoms with van der Waals surface area (Å²) in [4.78, 5) is 25.5. The van der Waals surface area contributed by atoms with Crippen LogP contribution in [0.5, 0.6) is 0 Å². The van der Waals surface area contributed by atoms with E-state index in [0.717, 1.165) is 25.7 Å². The Morgan fingerprint density at radius 2 is 2.00 bits per heavy atom. The van der Waals surface area contributed by atoms with Crippen molar-refractivity contribution in [1.29, 1.82) is 0 Å². The van der Waals surface area contributed by atoms with E-state index >= 15 is 0 Å². The maximum absolute atomic E-state index is 15.0. The summed E-state index contributed by atoms with van der Waals surface area (Å²) < 4.78 is 48.3. The lowest BCUT2D eigenvalue weighted by Gasteiger charge is -2.30. The zero-order chi connectivity index (χ0) is 23.6. The number of amides is 1. The standard InChI is InChI=1S/C17H21FN6O.C2HF3O2/c1-24-8-9(6-21-24)15-13-10(7-20-17(13)25)14(18)16(23-15)22-12-5-3-2-4-11(12)19;3-2(4,5)1(6)7/h6,8,11-12H,2-5,7,19H2,1H3,(H,20,25)(H,22,23);(H,6,7)/t11-,12+;/m0./s1. The maximum Gasteiger partial charge on any atom is 0.490 e. The van der Waals surface area contributed by atoms with Gasteiger partial charge in [-0.05, 0) is 12.8 Å². The number of pyridine rings is 1. The predicted molar refractivity (Wildman–Crippen MR) is 105 cm³/mol. The van der Waals surface area contributed by atoms with Crippen LogP contribution >= 0.6 is 0 Å². The lowest BCUT2D eigenvalue weighted by Crippen LogP contribution is -2.43. The quantitative estimate of drug-likeness (QED) is 0.518. The molecular formula is C19H22F4N6O3. The zero-order valence-corrected chi connectivity index (χ0v) is 17.0. The van der Waals surface area contributed by atoms with Gasteiger partial charge in [0, 0.05) is 43.0 Å². The van der Waals surface area contributed by atoms with Gasteiger partial charge in [0.1, 0.15) is 0 Å². The number of rotatable bonds is 3. The summed E-state index contributed by atoms with van der Waals surface area (Å²) in [6.07, 6.45) is 2.27. The number of nitrogens with two attached hydrogens (primary N) is 1. The van der Waals surface area contributed by atoms with Gasteiger partial charge in [0.25, 0.3) is 5.91 Å². The molecule has 5 N–H and O–H groups in total. The van der Waals surface area contributed by atoms with Crippen LogP contribution < -0.4 is 16.4 Å². The number of carbonyl (C=O) groups excluding carboxylic acids is 1. The van der Waals surface area contributed by atoms with Crippen molar-refractivity contribution in [1.82, 2.24) is 20.1 Å². The second-order valence-electron chi connectivity index (χ2n) is 7.56. The van der Waals surface area contributed by atoms with Gasteiger partial charge < -0.3 is 21.5 Å². The monoisotopic (exact) mass is 458 g/mol. The Hall–Kier alpha value is -3.22. The number of aromatic nitrogens is 3. The summed E-state index contributed by atoms with van der Waals surface area (Å²) in [5, 5.41) is 17.1. The van der Waals surface area contributed by atoms with Crippen LogP contribution in [0.1, 0.15) is 41.6 Å². The summed E-state index contributed by atoms with van der Waals surface area (Å²) in [6.45, 7) is 0.168. The highest BCUT2D eigenvalue weighted by Crippen LogP contribution is 2.33. The second kappa shape index (κ2) is 9.10. The van der Waals surface area contributed by atoms with Crippen molar-refractivity contribution in [3.05, 3.63) is 29.3 Å². The smallest absolute Gasteiger partial charge is 0.475 e. The summed E-state index contributed by atoms with van der Waals surface area (Å²) in [5.74, 6) is -3.37. The van der Waals surface area contributed by atoms with Crippen molar-refractivity contribution >= 4 is 17.7 Å². The lowest BCUT2D eigenvalue weighted by molar-refractivity contribution is -0.192. The Kier molecular flexibility index (Phi) is 6.67. The van der Waals surface area contributed by atoms with Crippen LogP contribution in [0.15, 0.2) is 12.4 Å². The van der Waals surface area contributed by atoms with E-state index in [0.29, 0.717) is 22.4 Å². The molecule has 4 rings (SSSR count). The molecule has 1 amide bonds. The molecule has 32 heavy (non-hydrogen) atoms. The first-order valence-corrected chi connectivity index (χ1v) is 9.80. The first-order valence-electron chi connectivity index (χ1n) is 9.80. The third-order valence-corrected chi connectivity index (χ3v) is 5.25. The van der Waals surface area contributed by atoms with Crippen molar-refractivity contribution in [2.45, 2.75) is 50.5 Å². The molecule has 1 aliphatic heterocycles. The number of hydrogen-bond donors (Lipinski definition) is 4. The van der Waals surface area contributed by atoms with Crippen molar-refractivity contribution in [2.24, 2.45) is 12.8 Å². The van der Waals surface area contributed by atoms with Gasteiger partial charge in [-0.1, -0.05) is 12.8 Å². The number of aliphatic carboxylic acids is 1. The highest BCUT2D eigenvalue weighted by Gasteiger charge is 2.38. The number of nitrogens with one attached hydrogen (secondary N) is 2. The number of carboxylic acids is 1. The van der Waals surface area contributed by atoms with Crippen LogP contribution in [0.25, 0.3) is 11.3 Å². The summed E-state index contributed by atoms with van der Waals surface area (Å²) in [6, 6.07) is -0.0367. The van der Waals surface area contributed by atoms with Gasteiger partial charge in [0.05, 0.1) is 17.5 Å². The van der Waals surface area contributed by atoms with Gasteiger partial charge >= 0.3 is 12.1 Å². The number of fused-ring (bicyclic) bond motifs is 1.